The lowest BCUT2D eigenvalue weighted by atomic mass is 10.1. The molecule has 0 aliphatic carbocycles. The summed E-state index contributed by atoms with van der Waals surface area (Å²) < 4.78 is 12.7. The van der Waals surface area contributed by atoms with Crippen molar-refractivity contribution in [1.29, 1.82) is 0 Å². The van der Waals surface area contributed by atoms with Crippen LogP contribution in [0.4, 0.5) is 5.69 Å². The third kappa shape index (κ3) is 5.57. The summed E-state index contributed by atoms with van der Waals surface area (Å²) >= 11 is 3.19. The summed E-state index contributed by atoms with van der Waals surface area (Å²) in [6.45, 7) is 1.48. The number of likely N-dealkylation sites (tertiary alicyclic amines) is 1. The molecule has 1 aromatic heterocycles. The van der Waals surface area contributed by atoms with Gasteiger partial charge in [0.05, 0.1) is 35.6 Å². The SMILES string of the molecule is COc1ccc(OC)c(CSc2nc3ccc(NC(=O)c4ccccc4C(=O)N4CCCC4)cc3s2)c1. The van der Waals surface area contributed by atoms with Crippen LogP contribution < -0.4 is 14.8 Å². The average Bonchev–Trinajstić information content (AvgIpc) is 3.61. The molecule has 0 saturated carbocycles. The van der Waals surface area contributed by atoms with Gasteiger partial charge in [0.1, 0.15) is 11.5 Å². The highest BCUT2D eigenvalue weighted by Gasteiger charge is 2.24. The number of thioether (sulfide) groups is 1. The summed E-state index contributed by atoms with van der Waals surface area (Å²) in [4.78, 5) is 32.7. The van der Waals surface area contributed by atoms with E-state index in [1.807, 2.05) is 41.3 Å². The van der Waals surface area contributed by atoms with Gasteiger partial charge in [-0.1, -0.05) is 23.9 Å². The van der Waals surface area contributed by atoms with Crippen molar-refractivity contribution in [3.63, 3.8) is 0 Å². The number of carbonyl (C=O) groups excluding carboxylic acids is 2. The fraction of sp³-hybridized carbons (Fsp3) is 0.250. The van der Waals surface area contributed by atoms with E-state index in [0.29, 0.717) is 22.6 Å². The van der Waals surface area contributed by atoms with E-state index < -0.39 is 0 Å². The van der Waals surface area contributed by atoms with Crippen molar-refractivity contribution in [2.24, 2.45) is 0 Å². The summed E-state index contributed by atoms with van der Waals surface area (Å²) in [6, 6.07) is 18.4. The van der Waals surface area contributed by atoms with E-state index in [1.54, 1.807) is 61.6 Å². The molecule has 2 amide bonds. The van der Waals surface area contributed by atoms with Crippen molar-refractivity contribution in [1.82, 2.24) is 9.88 Å². The lowest BCUT2D eigenvalue weighted by Gasteiger charge is -2.17. The molecule has 1 aliphatic heterocycles. The van der Waals surface area contributed by atoms with Gasteiger partial charge in [0.25, 0.3) is 11.8 Å². The van der Waals surface area contributed by atoms with Crippen molar-refractivity contribution in [2.45, 2.75) is 22.9 Å². The second kappa shape index (κ2) is 11.2. The zero-order valence-electron chi connectivity index (χ0n) is 20.7. The molecule has 0 spiro atoms. The molecule has 1 aliphatic rings. The first-order chi connectivity index (χ1) is 18.1. The lowest BCUT2D eigenvalue weighted by molar-refractivity contribution is 0.0787. The standard InChI is InChI=1S/C28H27N3O4S2/c1-34-20-10-12-24(35-2)18(15-20)17-36-28-30-23-11-9-19(16-25(23)37-28)29-26(32)21-7-3-4-8-22(21)27(33)31-13-5-6-14-31/h3-4,7-12,15-16H,5-6,13-14,17H2,1-2H3,(H,29,32). The van der Waals surface area contributed by atoms with Gasteiger partial charge in [0, 0.05) is 30.1 Å². The van der Waals surface area contributed by atoms with Crippen LogP contribution in [0.2, 0.25) is 0 Å². The van der Waals surface area contributed by atoms with E-state index >= 15 is 0 Å². The van der Waals surface area contributed by atoms with Crippen LogP contribution >= 0.6 is 23.1 Å². The van der Waals surface area contributed by atoms with Crippen LogP contribution in [0, 0.1) is 0 Å². The van der Waals surface area contributed by atoms with Crippen LogP contribution in [0.3, 0.4) is 0 Å². The van der Waals surface area contributed by atoms with E-state index in [-0.39, 0.29) is 11.8 Å². The number of aromatic nitrogens is 1. The Morgan fingerprint density at radius 1 is 1.00 bits per heavy atom. The predicted octanol–water partition coefficient (Wildman–Crippen LogP) is 6.09. The number of hydrogen-bond acceptors (Lipinski definition) is 7. The number of hydrogen-bond donors (Lipinski definition) is 1. The van der Waals surface area contributed by atoms with E-state index in [4.69, 9.17) is 14.5 Å². The molecule has 37 heavy (non-hydrogen) atoms. The van der Waals surface area contributed by atoms with Crippen molar-refractivity contribution in [2.75, 3.05) is 32.6 Å². The third-order valence-electron chi connectivity index (χ3n) is 6.26. The number of nitrogens with zero attached hydrogens (tertiary/aromatic N) is 2. The fourth-order valence-corrected chi connectivity index (χ4v) is 6.42. The van der Waals surface area contributed by atoms with Gasteiger partial charge in [0.15, 0.2) is 4.34 Å². The predicted molar refractivity (Wildman–Crippen MR) is 148 cm³/mol. The molecule has 0 bridgehead atoms. The van der Waals surface area contributed by atoms with E-state index in [0.717, 1.165) is 57.5 Å². The molecule has 2 heterocycles. The second-order valence-electron chi connectivity index (χ2n) is 8.63. The number of ether oxygens (including phenoxy) is 2. The molecule has 3 aromatic carbocycles. The van der Waals surface area contributed by atoms with Gasteiger partial charge in [-0.15, -0.1) is 11.3 Å². The maximum atomic E-state index is 13.1. The van der Waals surface area contributed by atoms with Crippen LogP contribution in [0.25, 0.3) is 10.2 Å². The zero-order valence-corrected chi connectivity index (χ0v) is 22.3. The molecule has 0 atom stereocenters. The normalized spacial score (nSPS) is 13.1. The van der Waals surface area contributed by atoms with Crippen molar-refractivity contribution >= 4 is 50.8 Å². The monoisotopic (exact) mass is 533 g/mol. The molecule has 1 fully saturated rings. The molecule has 4 aromatic rings. The highest BCUT2D eigenvalue weighted by molar-refractivity contribution is 8.00. The molecule has 5 rings (SSSR count). The summed E-state index contributed by atoms with van der Waals surface area (Å²) in [5.41, 5.74) is 3.38. The first kappa shape index (κ1) is 25.1. The fourth-order valence-electron chi connectivity index (χ4n) is 4.33. The lowest BCUT2D eigenvalue weighted by Crippen LogP contribution is -2.29. The number of thiazole rings is 1. The van der Waals surface area contributed by atoms with E-state index in [1.165, 1.54) is 0 Å². The first-order valence-corrected chi connectivity index (χ1v) is 13.8. The molecule has 7 nitrogen and oxygen atoms in total. The zero-order chi connectivity index (χ0) is 25.8. The summed E-state index contributed by atoms with van der Waals surface area (Å²) in [7, 11) is 3.30. The van der Waals surface area contributed by atoms with Crippen molar-refractivity contribution < 1.29 is 19.1 Å². The minimum Gasteiger partial charge on any atom is -0.497 e. The largest absolute Gasteiger partial charge is 0.497 e. The Labute approximate surface area is 223 Å². The van der Waals surface area contributed by atoms with Crippen LogP contribution in [0.5, 0.6) is 11.5 Å². The number of amides is 2. The molecule has 1 saturated heterocycles. The number of anilines is 1. The van der Waals surface area contributed by atoms with E-state index in [9.17, 15) is 9.59 Å². The molecule has 0 radical (unpaired) electrons. The van der Waals surface area contributed by atoms with Crippen LogP contribution in [-0.2, 0) is 5.75 Å². The molecular formula is C28H27N3O4S2. The van der Waals surface area contributed by atoms with Gasteiger partial charge in [0.2, 0.25) is 0 Å². The van der Waals surface area contributed by atoms with Gasteiger partial charge in [-0.3, -0.25) is 9.59 Å². The number of benzene rings is 3. The van der Waals surface area contributed by atoms with Crippen molar-refractivity contribution in [3.8, 4) is 11.5 Å². The Morgan fingerprint density at radius 2 is 1.78 bits per heavy atom. The van der Waals surface area contributed by atoms with Gasteiger partial charge in [-0.25, -0.2) is 4.98 Å². The average molecular weight is 534 g/mol. The van der Waals surface area contributed by atoms with Gasteiger partial charge in [-0.2, -0.15) is 0 Å². The highest BCUT2D eigenvalue weighted by atomic mass is 32.2. The topological polar surface area (TPSA) is 80.8 Å². The maximum Gasteiger partial charge on any atom is 0.256 e. The number of carbonyl (C=O) groups is 2. The smallest absolute Gasteiger partial charge is 0.256 e. The third-order valence-corrected chi connectivity index (χ3v) is 8.47. The van der Waals surface area contributed by atoms with Gasteiger partial charge in [-0.05, 0) is 61.4 Å². The Hall–Kier alpha value is -3.56. The maximum absolute atomic E-state index is 13.1. The summed E-state index contributed by atoms with van der Waals surface area (Å²) in [6.07, 6.45) is 2.00. The Bertz CT molecular complexity index is 1450. The highest BCUT2D eigenvalue weighted by Crippen LogP contribution is 2.35. The minimum atomic E-state index is -0.299. The summed E-state index contributed by atoms with van der Waals surface area (Å²) in [5.74, 6) is 1.89. The van der Waals surface area contributed by atoms with Gasteiger partial charge < -0.3 is 19.7 Å². The summed E-state index contributed by atoms with van der Waals surface area (Å²) in [5, 5.41) is 2.96. The van der Waals surface area contributed by atoms with Crippen LogP contribution in [0.1, 0.15) is 39.1 Å². The molecule has 1 N–H and O–H groups in total. The Balaban J connectivity index is 1.30. The van der Waals surface area contributed by atoms with Crippen molar-refractivity contribution in [3.05, 3.63) is 77.4 Å². The molecule has 0 unspecified atom stereocenters. The first-order valence-electron chi connectivity index (χ1n) is 12.0. The number of fused-ring (bicyclic) bond motifs is 1. The number of methoxy groups -OCH3 is 2. The molecule has 9 heteroatoms. The molecular weight excluding hydrogens is 506 g/mol. The van der Waals surface area contributed by atoms with E-state index in [2.05, 4.69) is 5.32 Å². The quantitative estimate of drug-likeness (QED) is 0.276. The number of nitrogens with one attached hydrogen (secondary N) is 1. The second-order valence-corrected chi connectivity index (χ2v) is 10.9. The Kier molecular flexibility index (Phi) is 7.62. The van der Waals surface area contributed by atoms with Crippen LogP contribution in [-0.4, -0.2) is 49.0 Å². The van der Waals surface area contributed by atoms with Gasteiger partial charge >= 0.3 is 0 Å². The Morgan fingerprint density at radius 3 is 2.54 bits per heavy atom. The number of rotatable bonds is 8. The minimum absolute atomic E-state index is 0.0875. The molecule has 190 valence electrons. The van der Waals surface area contributed by atoms with Crippen LogP contribution in [0.15, 0.2) is 65.0 Å².